The van der Waals surface area contributed by atoms with Gasteiger partial charge in [0.2, 0.25) is 0 Å². The van der Waals surface area contributed by atoms with Crippen molar-refractivity contribution in [2.75, 3.05) is 0 Å². The van der Waals surface area contributed by atoms with Gasteiger partial charge in [-0.2, -0.15) is 0 Å². The molecule has 0 saturated carbocycles. The van der Waals surface area contributed by atoms with Crippen LogP contribution in [0, 0.1) is 12.2 Å². The predicted octanol–water partition coefficient (Wildman–Crippen LogP) is 2.32. The van der Waals surface area contributed by atoms with Gasteiger partial charge in [0.05, 0.1) is 0 Å². The Balaban J connectivity index is 2.52. The summed E-state index contributed by atoms with van der Waals surface area (Å²) in [5.74, 6) is -0.128. The zero-order valence-corrected chi connectivity index (χ0v) is 5.60. The third kappa shape index (κ3) is 0.821. The van der Waals surface area contributed by atoms with Gasteiger partial charge in [0, 0.05) is 0 Å². The van der Waals surface area contributed by atoms with Gasteiger partial charge in [-0.3, -0.25) is 0 Å². The van der Waals surface area contributed by atoms with E-state index in [2.05, 4.69) is 6.42 Å². The van der Waals surface area contributed by atoms with Crippen LogP contribution in [0.2, 0.25) is 0 Å². The maximum atomic E-state index is 12.5. The lowest BCUT2D eigenvalue weighted by atomic mass is 10.1. The van der Waals surface area contributed by atoms with E-state index in [4.69, 9.17) is 0 Å². The average molecular weight is 135 g/mol. The van der Waals surface area contributed by atoms with Crippen molar-refractivity contribution >= 4 is 0 Å². The van der Waals surface area contributed by atoms with Gasteiger partial charge in [-0.05, 0) is 42.5 Å². The quantitative estimate of drug-likeness (QED) is 0.512. The van der Waals surface area contributed by atoms with E-state index in [-0.39, 0.29) is 5.82 Å². The molecule has 0 spiro atoms. The fraction of sp³-hybridized carbons (Fsp3) is 0.222. The molecule has 0 N–H and O–H groups in total. The summed E-state index contributed by atoms with van der Waals surface area (Å²) in [6, 6.07) is 4.99. The molecule has 1 aromatic rings. The molecular weight excluding hydrogens is 127 g/mol. The standard InChI is InChI=1S/C9H8F/c10-9-5-4-7-2-1-3-8(7)6-9/h3-6H,1-2H2. The highest BCUT2D eigenvalue weighted by Gasteiger charge is 2.10. The Morgan fingerprint density at radius 3 is 3.10 bits per heavy atom. The minimum Gasteiger partial charge on any atom is -0.207 e. The van der Waals surface area contributed by atoms with E-state index in [0.29, 0.717) is 0 Å². The second-order valence-corrected chi connectivity index (χ2v) is 2.59. The topological polar surface area (TPSA) is 0 Å². The van der Waals surface area contributed by atoms with E-state index in [1.807, 2.05) is 6.07 Å². The average Bonchev–Trinajstić information content (AvgIpc) is 2.33. The summed E-state index contributed by atoms with van der Waals surface area (Å²) in [7, 11) is 0. The fourth-order valence-corrected chi connectivity index (χ4v) is 1.37. The first-order valence-corrected chi connectivity index (χ1v) is 3.48. The van der Waals surface area contributed by atoms with Gasteiger partial charge in [-0.1, -0.05) is 6.07 Å². The van der Waals surface area contributed by atoms with Gasteiger partial charge in [0.15, 0.2) is 0 Å². The summed E-state index contributed by atoms with van der Waals surface area (Å²) < 4.78 is 12.5. The minimum atomic E-state index is -0.128. The molecule has 10 heavy (non-hydrogen) atoms. The Morgan fingerprint density at radius 1 is 1.30 bits per heavy atom. The van der Waals surface area contributed by atoms with E-state index in [9.17, 15) is 4.39 Å². The fourth-order valence-electron chi connectivity index (χ4n) is 1.37. The Bertz CT molecular complexity index is 253. The number of benzene rings is 1. The van der Waals surface area contributed by atoms with Crippen molar-refractivity contribution in [3.63, 3.8) is 0 Å². The normalized spacial score (nSPS) is 15.3. The highest BCUT2D eigenvalue weighted by molar-refractivity contribution is 5.37. The second kappa shape index (κ2) is 2.08. The molecule has 1 aromatic carbocycles. The van der Waals surface area contributed by atoms with Crippen molar-refractivity contribution in [2.24, 2.45) is 0 Å². The lowest BCUT2D eigenvalue weighted by Crippen LogP contribution is -1.81. The highest BCUT2D eigenvalue weighted by atomic mass is 19.1. The van der Waals surface area contributed by atoms with Gasteiger partial charge in [-0.25, -0.2) is 4.39 Å². The monoisotopic (exact) mass is 135 g/mol. The summed E-state index contributed by atoms with van der Waals surface area (Å²) in [5, 5.41) is 0. The first-order chi connectivity index (χ1) is 4.86. The van der Waals surface area contributed by atoms with E-state index in [0.717, 1.165) is 18.4 Å². The molecule has 1 aliphatic rings. The van der Waals surface area contributed by atoms with Gasteiger partial charge in [0.1, 0.15) is 5.82 Å². The molecular formula is C9H8F. The van der Waals surface area contributed by atoms with Crippen molar-refractivity contribution in [1.82, 2.24) is 0 Å². The second-order valence-electron chi connectivity index (χ2n) is 2.59. The van der Waals surface area contributed by atoms with E-state index in [1.54, 1.807) is 6.07 Å². The minimum absolute atomic E-state index is 0.128. The molecule has 0 aliphatic heterocycles. The molecule has 0 nitrogen and oxygen atoms in total. The Labute approximate surface area is 59.7 Å². The van der Waals surface area contributed by atoms with Crippen LogP contribution in [0.15, 0.2) is 18.2 Å². The molecule has 51 valence electrons. The summed E-state index contributed by atoms with van der Waals surface area (Å²) in [6.07, 6.45) is 4.23. The van der Waals surface area contributed by atoms with Crippen LogP contribution < -0.4 is 0 Å². The molecule has 1 aliphatic carbocycles. The van der Waals surface area contributed by atoms with Crippen LogP contribution in [-0.4, -0.2) is 0 Å². The zero-order valence-electron chi connectivity index (χ0n) is 5.60. The van der Waals surface area contributed by atoms with Crippen LogP contribution in [0.25, 0.3) is 0 Å². The first-order valence-electron chi connectivity index (χ1n) is 3.48. The van der Waals surface area contributed by atoms with Crippen molar-refractivity contribution in [1.29, 1.82) is 0 Å². The maximum Gasteiger partial charge on any atom is 0.123 e. The van der Waals surface area contributed by atoms with Crippen LogP contribution in [0.1, 0.15) is 17.5 Å². The molecule has 0 heterocycles. The molecule has 0 amide bonds. The zero-order chi connectivity index (χ0) is 6.97. The van der Waals surface area contributed by atoms with Gasteiger partial charge in [0.25, 0.3) is 0 Å². The van der Waals surface area contributed by atoms with Crippen molar-refractivity contribution in [3.8, 4) is 0 Å². The molecule has 1 radical (unpaired) electrons. The smallest absolute Gasteiger partial charge is 0.123 e. The van der Waals surface area contributed by atoms with Gasteiger partial charge >= 0.3 is 0 Å². The molecule has 2 rings (SSSR count). The molecule has 0 saturated heterocycles. The van der Waals surface area contributed by atoms with Crippen molar-refractivity contribution < 1.29 is 4.39 Å². The molecule has 1 heteroatoms. The summed E-state index contributed by atoms with van der Waals surface area (Å²) in [5.41, 5.74) is 2.36. The van der Waals surface area contributed by atoms with Crippen LogP contribution in [0.4, 0.5) is 4.39 Å². The van der Waals surface area contributed by atoms with E-state index < -0.39 is 0 Å². The molecule has 0 atom stereocenters. The van der Waals surface area contributed by atoms with Gasteiger partial charge in [-0.15, -0.1) is 0 Å². The Kier molecular flexibility index (Phi) is 1.23. The maximum absolute atomic E-state index is 12.5. The predicted molar refractivity (Wildman–Crippen MR) is 38.1 cm³/mol. The van der Waals surface area contributed by atoms with Crippen LogP contribution in [0.5, 0.6) is 0 Å². The number of hydrogen-bond donors (Lipinski definition) is 0. The number of fused-ring (bicyclic) bond motifs is 1. The molecule has 0 aromatic heterocycles. The first kappa shape index (κ1) is 5.90. The number of halogens is 1. The lowest BCUT2D eigenvalue weighted by molar-refractivity contribution is 0.626. The van der Waals surface area contributed by atoms with Crippen molar-refractivity contribution in [3.05, 3.63) is 41.6 Å². The van der Waals surface area contributed by atoms with Crippen LogP contribution in [-0.2, 0) is 6.42 Å². The summed E-state index contributed by atoms with van der Waals surface area (Å²) in [4.78, 5) is 0. The Morgan fingerprint density at radius 2 is 2.20 bits per heavy atom. The lowest BCUT2D eigenvalue weighted by Gasteiger charge is -1.95. The number of hydrogen-bond acceptors (Lipinski definition) is 0. The molecule has 0 unspecified atom stereocenters. The third-order valence-corrected chi connectivity index (χ3v) is 1.89. The molecule has 0 bridgehead atoms. The van der Waals surface area contributed by atoms with Crippen molar-refractivity contribution in [2.45, 2.75) is 12.8 Å². The largest absolute Gasteiger partial charge is 0.207 e. The highest BCUT2D eigenvalue weighted by Crippen LogP contribution is 2.23. The summed E-state index contributed by atoms with van der Waals surface area (Å²) >= 11 is 0. The Hall–Kier alpha value is -0.850. The van der Waals surface area contributed by atoms with E-state index >= 15 is 0 Å². The SMILES string of the molecule is Fc1ccc2c(c1)[CH]CC2. The number of aryl methyl sites for hydroxylation is 1. The van der Waals surface area contributed by atoms with E-state index in [1.165, 1.54) is 11.6 Å². The van der Waals surface area contributed by atoms with Crippen LogP contribution >= 0.6 is 0 Å². The number of rotatable bonds is 0. The van der Waals surface area contributed by atoms with Gasteiger partial charge < -0.3 is 0 Å². The molecule has 0 fully saturated rings. The third-order valence-electron chi connectivity index (χ3n) is 1.89. The van der Waals surface area contributed by atoms with Crippen LogP contribution in [0.3, 0.4) is 0 Å². The summed E-state index contributed by atoms with van der Waals surface area (Å²) in [6.45, 7) is 0.